The summed E-state index contributed by atoms with van der Waals surface area (Å²) in [7, 11) is 1.93. The molecule has 10 nitrogen and oxygen atoms in total. The molecule has 0 aromatic heterocycles. The molecular weight excluding hydrogens is 446 g/mol. The number of carboxylic acid groups (broad SMARTS) is 1. The maximum absolute atomic E-state index is 12.6. The minimum Gasteiger partial charge on any atom is -0.504 e. The molecule has 0 fully saturated rings. The van der Waals surface area contributed by atoms with Crippen molar-refractivity contribution in [1.29, 1.82) is 0 Å². The highest BCUT2D eigenvalue weighted by atomic mass is 16.6. The summed E-state index contributed by atoms with van der Waals surface area (Å²) in [6.07, 6.45) is -1.01. The van der Waals surface area contributed by atoms with Gasteiger partial charge in [-0.05, 0) is 44.6 Å². The Morgan fingerprint density at radius 1 is 1.32 bits per heavy atom. The van der Waals surface area contributed by atoms with Gasteiger partial charge in [0.15, 0.2) is 17.6 Å². The Labute approximate surface area is 196 Å². The number of likely N-dealkylation sites (N-methyl/N-ethyl adjacent to an activating group) is 1. The predicted molar refractivity (Wildman–Crippen MR) is 117 cm³/mol. The Balaban J connectivity index is 1.71. The number of aromatic hydroxyl groups is 1. The molecule has 184 valence electrons. The van der Waals surface area contributed by atoms with E-state index in [-0.39, 0.29) is 29.7 Å². The number of benzene rings is 1. The lowest BCUT2D eigenvalue weighted by molar-refractivity contribution is -0.167. The largest absolute Gasteiger partial charge is 0.504 e. The molecule has 0 radical (unpaired) electrons. The SMILES string of the molecule is CCN(C)[C@@H]1Cc2ccc(O)c3c2[C@@]2(C)[C@@H](O3)C(OC(=O)C[C@H](OC(C)=O)C(=O)O)=CC[C@@]12O. The van der Waals surface area contributed by atoms with Crippen LogP contribution in [0.3, 0.4) is 0 Å². The van der Waals surface area contributed by atoms with Crippen molar-refractivity contribution in [2.45, 2.75) is 69.3 Å². The first-order valence-corrected chi connectivity index (χ1v) is 11.2. The summed E-state index contributed by atoms with van der Waals surface area (Å²) < 4.78 is 16.3. The minimum atomic E-state index is -1.68. The molecule has 0 amide bonds. The fraction of sp³-hybridized carbons (Fsp3) is 0.542. The van der Waals surface area contributed by atoms with Crippen molar-refractivity contribution in [2.24, 2.45) is 0 Å². The summed E-state index contributed by atoms with van der Waals surface area (Å²) in [4.78, 5) is 37.2. The number of carbonyl (C=O) groups excluding carboxylic acids is 2. The van der Waals surface area contributed by atoms with Crippen molar-refractivity contribution < 1.29 is 43.9 Å². The molecule has 0 unspecified atom stereocenters. The van der Waals surface area contributed by atoms with Gasteiger partial charge in [-0.15, -0.1) is 0 Å². The molecule has 0 saturated heterocycles. The quantitative estimate of drug-likeness (QED) is 0.493. The lowest BCUT2D eigenvalue weighted by Gasteiger charge is -2.56. The van der Waals surface area contributed by atoms with Gasteiger partial charge in [0.05, 0.1) is 17.4 Å². The Morgan fingerprint density at radius 3 is 2.65 bits per heavy atom. The molecule has 1 heterocycles. The van der Waals surface area contributed by atoms with Crippen molar-refractivity contribution in [2.75, 3.05) is 13.6 Å². The van der Waals surface area contributed by atoms with Crippen molar-refractivity contribution in [3.8, 4) is 11.5 Å². The van der Waals surface area contributed by atoms with Crippen LogP contribution < -0.4 is 4.74 Å². The summed E-state index contributed by atoms with van der Waals surface area (Å²) >= 11 is 0. The number of nitrogens with zero attached hydrogens (tertiary/aromatic N) is 1. The molecule has 1 aliphatic heterocycles. The first kappa shape index (κ1) is 24.0. The average Bonchev–Trinajstić information content (AvgIpc) is 3.10. The van der Waals surface area contributed by atoms with Crippen LogP contribution in [0.4, 0.5) is 0 Å². The van der Waals surface area contributed by atoms with Gasteiger partial charge in [-0.25, -0.2) is 4.79 Å². The minimum absolute atomic E-state index is 0.0782. The Bertz CT molecular complexity index is 1080. The Hall–Kier alpha value is -3.11. The van der Waals surface area contributed by atoms with Gasteiger partial charge < -0.3 is 34.4 Å². The zero-order valence-corrected chi connectivity index (χ0v) is 19.5. The number of carboxylic acids is 1. The van der Waals surface area contributed by atoms with Gasteiger partial charge in [-0.2, -0.15) is 0 Å². The molecular formula is C24H29NO9. The second-order valence-electron chi connectivity index (χ2n) is 9.29. The topological polar surface area (TPSA) is 143 Å². The van der Waals surface area contributed by atoms with Crippen LogP contribution in [0.25, 0.3) is 0 Å². The summed E-state index contributed by atoms with van der Waals surface area (Å²) in [5.74, 6) is -2.94. The lowest BCUT2D eigenvalue weighted by atomic mass is 9.54. The van der Waals surface area contributed by atoms with Crippen LogP contribution in [-0.4, -0.2) is 75.6 Å². The second-order valence-corrected chi connectivity index (χ2v) is 9.29. The summed E-state index contributed by atoms with van der Waals surface area (Å²) in [5, 5.41) is 31.8. The third-order valence-electron chi connectivity index (χ3n) is 7.44. The van der Waals surface area contributed by atoms with Gasteiger partial charge >= 0.3 is 17.9 Å². The molecule has 0 spiro atoms. The number of ether oxygens (including phenoxy) is 3. The molecule has 1 aromatic carbocycles. The molecule has 3 aliphatic rings. The van der Waals surface area contributed by atoms with E-state index >= 15 is 0 Å². The molecule has 0 bridgehead atoms. The van der Waals surface area contributed by atoms with Crippen LogP contribution in [0.15, 0.2) is 24.0 Å². The fourth-order valence-electron chi connectivity index (χ4n) is 5.60. The zero-order valence-electron chi connectivity index (χ0n) is 19.5. The average molecular weight is 475 g/mol. The first-order chi connectivity index (χ1) is 15.9. The van der Waals surface area contributed by atoms with E-state index in [0.717, 1.165) is 12.5 Å². The molecule has 34 heavy (non-hydrogen) atoms. The maximum Gasteiger partial charge on any atom is 0.345 e. The fourth-order valence-corrected chi connectivity index (χ4v) is 5.60. The van der Waals surface area contributed by atoms with Crippen molar-refractivity contribution in [3.63, 3.8) is 0 Å². The van der Waals surface area contributed by atoms with E-state index in [0.29, 0.717) is 18.5 Å². The normalized spacial score (nSPS) is 29.5. The Morgan fingerprint density at radius 2 is 2.03 bits per heavy atom. The Kier molecular flexibility index (Phi) is 5.85. The van der Waals surface area contributed by atoms with Crippen LogP contribution in [-0.2, 0) is 35.7 Å². The number of esters is 2. The van der Waals surface area contributed by atoms with Crippen LogP contribution in [0, 0.1) is 0 Å². The molecule has 4 rings (SSSR count). The van der Waals surface area contributed by atoms with E-state index < -0.39 is 47.6 Å². The van der Waals surface area contributed by atoms with E-state index in [1.54, 1.807) is 12.1 Å². The van der Waals surface area contributed by atoms with Crippen molar-refractivity contribution >= 4 is 17.9 Å². The lowest BCUT2D eigenvalue weighted by Crippen LogP contribution is -2.69. The number of hydrogen-bond donors (Lipinski definition) is 3. The number of aliphatic carboxylic acids is 1. The van der Waals surface area contributed by atoms with E-state index in [9.17, 15) is 29.7 Å². The number of rotatable bonds is 7. The standard InChI is InChI=1S/C24H29NO9/c1-5-25(4)17-10-13-6-7-14(27)20-19(13)23(3)21(34-20)15(8-9-24(17,23)31)33-18(28)11-16(22(29)30)32-12(2)26/h6-8,16-17,21,27,31H,5,9-11H2,1-4H3,(H,29,30)/t16-,17+,21-,23-,24+/m0/s1. The van der Waals surface area contributed by atoms with Gasteiger partial charge in [0.2, 0.25) is 6.10 Å². The van der Waals surface area contributed by atoms with E-state index in [4.69, 9.17) is 9.47 Å². The number of phenolic OH excluding ortho intramolecular Hbond substituents is 1. The smallest absolute Gasteiger partial charge is 0.345 e. The van der Waals surface area contributed by atoms with Gasteiger partial charge in [0.25, 0.3) is 0 Å². The summed E-state index contributed by atoms with van der Waals surface area (Å²) in [6, 6.07) is 3.11. The van der Waals surface area contributed by atoms with Crippen molar-refractivity contribution in [1.82, 2.24) is 4.90 Å². The summed E-state index contributed by atoms with van der Waals surface area (Å²) in [6.45, 7) is 5.59. The predicted octanol–water partition coefficient (Wildman–Crippen LogP) is 1.26. The highest BCUT2D eigenvalue weighted by Gasteiger charge is 2.68. The summed E-state index contributed by atoms with van der Waals surface area (Å²) in [5.41, 5.74) is -0.715. The molecule has 2 aliphatic carbocycles. The van der Waals surface area contributed by atoms with Gasteiger partial charge in [0.1, 0.15) is 5.76 Å². The van der Waals surface area contributed by atoms with E-state index in [1.807, 2.05) is 27.0 Å². The maximum atomic E-state index is 12.6. The van der Waals surface area contributed by atoms with Gasteiger partial charge in [-0.3, -0.25) is 9.59 Å². The second kappa shape index (κ2) is 8.28. The number of hydrogen-bond acceptors (Lipinski definition) is 9. The molecule has 10 heteroatoms. The first-order valence-electron chi connectivity index (χ1n) is 11.2. The number of aliphatic hydroxyl groups is 1. The van der Waals surface area contributed by atoms with Crippen molar-refractivity contribution in [3.05, 3.63) is 35.1 Å². The van der Waals surface area contributed by atoms with E-state index in [2.05, 4.69) is 9.64 Å². The van der Waals surface area contributed by atoms with Crippen LogP contribution in [0.5, 0.6) is 11.5 Å². The third-order valence-corrected chi connectivity index (χ3v) is 7.44. The van der Waals surface area contributed by atoms with Gasteiger partial charge in [0, 0.05) is 24.9 Å². The molecule has 1 aromatic rings. The third kappa shape index (κ3) is 3.43. The number of phenols is 1. The van der Waals surface area contributed by atoms with Crippen LogP contribution in [0.1, 0.15) is 44.7 Å². The van der Waals surface area contributed by atoms with Gasteiger partial charge in [-0.1, -0.05) is 13.0 Å². The molecule has 3 N–H and O–H groups in total. The van der Waals surface area contributed by atoms with Crippen LogP contribution >= 0.6 is 0 Å². The monoisotopic (exact) mass is 475 g/mol. The highest BCUT2D eigenvalue weighted by molar-refractivity contribution is 5.83. The molecule has 0 saturated carbocycles. The number of carbonyl (C=O) groups is 3. The molecule has 5 atom stereocenters. The van der Waals surface area contributed by atoms with Crippen LogP contribution in [0.2, 0.25) is 0 Å². The highest BCUT2D eigenvalue weighted by Crippen LogP contribution is 2.62. The van der Waals surface area contributed by atoms with E-state index in [1.165, 1.54) is 0 Å². The zero-order chi connectivity index (χ0) is 25.0.